The summed E-state index contributed by atoms with van der Waals surface area (Å²) in [4.78, 5) is 21.7. The number of aromatic nitrogens is 1. The van der Waals surface area contributed by atoms with Gasteiger partial charge in [0.25, 0.3) is 0 Å². The molecule has 5 heteroatoms. The van der Waals surface area contributed by atoms with E-state index in [1.165, 1.54) is 0 Å². The zero-order chi connectivity index (χ0) is 12.1. The number of hydrogen-bond donors (Lipinski definition) is 2. The van der Waals surface area contributed by atoms with E-state index in [0.29, 0.717) is 6.42 Å². The molecule has 0 radical (unpaired) electrons. The van der Waals surface area contributed by atoms with Crippen molar-refractivity contribution in [2.75, 3.05) is 5.43 Å². The quantitative estimate of drug-likeness (QED) is 0.794. The van der Waals surface area contributed by atoms with E-state index in [2.05, 4.69) is 5.43 Å². The first-order valence-corrected chi connectivity index (χ1v) is 5.17. The van der Waals surface area contributed by atoms with Crippen LogP contribution in [-0.4, -0.2) is 21.7 Å². The van der Waals surface area contributed by atoms with Crippen molar-refractivity contribution in [3.8, 4) is 0 Å². The molecule has 5 nitrogen and oxygen atoms in total. The van der Waals surface area contributed by atoms with E-state index >= 15 is 0 Å². The van der Waals surface area contributed by atoms with Gasteiger partial charge in [-0.15, -0.1) is 0 Å². The average molecular weight is 224 g/mol. The molecule has 0 saturated heterocycles. The van der Waals surface area contributed by atoms with E-state index < -0.39 is 5.97 Å². The van der Waals surface area contributed by atoms with Gasteiger partial charge >= 0.3 is 5.97 Å². The third-order valence-corrected chi connectivity index (χ3v) is 2.30. The molecule has 0 aromatic carbocycles. The summed E-state index contributed by atoms with van der Waals surface area (Å²) in [5, 5.41) is 8.43. The number of nitrogens with zero attached hydrogens (tertiary/aromatic N) is 1. The molecule has 0 aliphatic carbocycles. The number of carbonyl (C=O) groups is 2. The molecule has 0 bridgehead atoms. The molecule has 88 valence electrons. The molecule has 1 amide bonds. The molecular weight excluding hydrogens is 208 g/mol. The fourth-order valence-electron chi connectivity index (χ4n) is 1.43. The molecule has 16 heavy (non-hydrogen) atoms. The lowest BCUT2D eigenvalue weighted by atomic mass is 10.2. The molecule has 1 rings (SSSR count). The lowest BCUT2D eigenvalue weighted by Crippen LogP contribution is -2.24. The number of carboxylic acid groups (broad SMARTS) is 1. The number of aryl methyl sites for hydroxylation is 2. The Morgan fingerprint density at radius 1 is 1.25 bits per heavy atom. The van der Waals surface area contributed by atoms with Crippen LogP contribution in [0.2, 0.25) is 0 Å². The van der Waals surface area contributed by atoms with Crippen LogP contribution in [-0.2, 0) is 9.59 Å². The minimum atomic E-state index is -0.874. The Balaban J connectivity index is 2.43. The first-order valence-electron chi connectivity index (χ1n) is 5.17. The van der Waals surface area contributed by atoms with E-state index in [-0.39, 0.29) is 18.7 Å². The molecule has 0 atom stereocenters. The number of amides is 1. The van der Waals surface area contributed by atoms with Crippen LogP contribution in [0.25, 0.3) is 0 Å². The molecule has 0 saturated carbocycles. The zero-order valence-corrected chi connectivity index (χ0v) is 9.49. The standard InChI is InChI=1S/C11H16N2O3/c1-8-6-7-9(2)13(8)12-10(14)4-3-5-11(15)16/h6-7H,3-5H2,1-2H3,(H,12,14)(H,15,16). The Kier molecular flexibility index (Phi) is 4.10. The molecule has 0 unspecified atom stereocenters. The highest BCUT2D eigenvalue weighted by Crippen LogP contribution is 2.05. The summed E-state index contributed by atoms with van der Waals surface area (Å²) >= 11 is 0. The van der Waals surface area contributed by atoms with Crippen molar-refractivity contribution >= 4 is 11.9 Å². The number of nitrogens with one attached hydrogen (secondary N) is 1. The van der Waals surface area contributed by atoms with Gasteiger partial charge in [-0.3, -0.25) is 19.7 Å². The van der Waals surface area contributed by atoms with E-state index in [1.807, 2.05) is 26.0 Å². The second-order valence-electron chi connectivity index (χ2n) is 3.73. The first kappa shape index (κ1) is 12.3. The molecule has 1 aromatic rings. The Bertz CT molecular complexity index is 376. The number of rotatable bonds is 5. The van der Waals surface area contributed by atoms with E-state index in [4.69, 9.17) is 5.11 Å². The van der Waals surface area contributed by atoms with Crippen LogP contribution in [0.15, 0.2) is 12.1 Å². The van der Waals surface area contributed by atoms with Gasteiger partial charge in [0.2, 0.25) is 5.91 Å². The van der Waals surface area contributed by atoms with Gasteiger partial charge in [0.05, 0.1) is 0 Å². The number of carboxylic acids is 1. The topological polar surface area (TPSA) is 71.3 Å². The van der Waals surface area contributed by atoms with Crippen LogP contribution < -0.4 is 5.43 Å². The van der Waals surface area contributed by atoms with Crippen molar-refractivity contribution in [1.82, 2.24) is 4.68 Å². The fraction of sp³-hybridized carbons (Fsp3) is 0.455. The fourth-order valence-corrected chi connectivity index (χ4v) is 1.43. The molecule has 0 aliphatic rings. The van der Waals surface area contributed by atoms with Gasteiger partial charge in [0, 0.05) is 24.2 Å². The second-order valence-corrected chi connectivity index (χ2v) is 3.73. The highest BCUT2D eigenvalue weighted by atomic mass is 16.4. The Labute approximate surface area is 94.0 Å². The van der Waals surface area contributed by atoms with Crippen molar-refractivity contribution < 1.29 is 14.7 Å². The molecule has 1 aromatic heterocycles. The smallest absolute Gasteiger partial charge is 0.303 e. The molecule has 1 heterocycles. The average Bonchev–Trinajstić information content (AvgIpc) is 2.49. The molecule has 0 fully saturated rings. The summed E-state index contributed by atoms with van der Waals surface area (Å²) in [6, 6.07) is 3.82. The summed E-state index contributed by atoms with van der Waals surface area (Å²) in [5.41, 5.74) is 4.61. The van der Waals surface area contributed by atoms with Crippen LogP contribution in [0, 0.1) is 13.8 Å². The van der Waals surface area contributed by atoms with Crippen LogP contribution in [0.4, 0.5) is 0 Å². The van der Waals surface area contributed by atoms with Gasteiger partial charge in [-0.25, -0.2) is 0 Å². The Morgan fingerprint density at radius 3 is 2.31 bits per heavy atom. The molecule has 0 aliphatic heterocycles. The van der Waals surface area contributed by atoms with Gasteiger partial charge in [0.15, 0.2) is 0 Å². The van der Waals surface area contributed by atoms with Crippen molar-refractivity contribution in [1.29, 1.82) is 0 Å². The van der Waals surface area contributed by atoms with Gasteiger partial charge in [-0.1, -0.05) is 0 Å². The van der Waals surface area contributed by atoms with E-state index in [0.717, 1.165) is 11.4 Å². The first-order chi connectivity index (χ1) is 7.50. The zero-order valence-electron chi connectivity index (χ0n) is 9.49. The summed E-state index contributed by atoms with van der Waals surface area (Å²) in [6.45, 7) is 3.79. The SMILES string of the molecule is Cc1ccc(C)n1NC(=O)CCCC(=O)O. The van der Waals surface area contributed by atoms with Gasteiger partial charge in [0.1, 0.15) is 0 Å². The van der Waals surface area contributed by atoms with Gasteiger partial charge in [-0.2, -0.15) is 0 Å². The Hall–Kier alpha value is -1.78. The highest BCUT2D eigenvalue weighted by molar-refractivity contribution is 5.84. The Morgan fingerprint density at radius 2 is 1.81 bits per heavy atom. The van der Waals surface area contributed by atoms with Crippen molar-refractivity contribution in [2.45, 2.75) is 33.1 Å². The molecular formula is C11H16N2O3. The van der Waals surface area contributed by atoms with E-state index in [1.54, 1.807) is 4.68 Å². The predicted molar refractivity (Wildman–Crippen MR) is 59.8 cm³/mol. The summed E-state index contributed by atoms with van der Waals surface area (Å²) in [7, 11) is 0. The van der Waals surface area contributed by atoms with Crippen LogP contribution in [0.3, 0.4) is 0 Å². The maximum atomic E-state index is 11.5. The minimum absolute atomic E-state index is 0.0249. The van der Waals surface area contributed by atoms with E-state index in [9.17, 15) is 9.59 Å². The van der Waals surface area contributed by atoms with Crippen LogP contribution >= 0.6 is 0 Å². The lowest BCUT2D eigenvalue weighted by Gasteiger charge is -2.10. The third-order valence-electron chi connectivity index (χ3n) is 2.30. The molecule has 2 N–H and O–H groups in total. The number of aliphatic carboxylic acids is 1. The lowest BCUT2D eigenvalue weighted by molar-refractivity contribution is -0.137. The van der Waals surface area contributed by atoms with Crippen molar-refractivity contribution in [2.24, 2.45) is 0 Å². The van der Waals surface area contributed by atoms with Crippen LogP contribution in [0.1, 0.15) is 30.7 Å². The normalized spacial score (nSPS) is 10.1. The van der Waals surface area contributed by atoms with Crippen molar-refractivity contribution in [3.63, 3.8) is 0 Å². The third kappa shape index (κ3) is 3.42. The number of hydrogen-bond acceptors (Lipinski definition) is 2. The molecule has 0 spiro atoms. The monoisotopic (exact) mass is 224 g/mol. The maximum absolute atomic E-state index is 11.5. The number of carbonyl (C=O) groups excluding carboxylic acids is 1. The minimum Gasteiger partial charge on any atom is -0.481 e. The van der Waals surface area contributed by atoms with Crippen molar-refractivity contribution in [3.05, 3.63) is 23.5 Å². The van der Waals surface area contributed by atoms with Gasteiger partial charge < -0.3 is 5.11 Å². The highest BCUT2D eigenvalue weighted by Gasteiger charge is 2.06. The predicted octanol–water partition coefficient (Wildman–Crippen LogP) is 1.43. The second kappa shape index (κ2) is 5.34. The summed E-state index contributed by atoms with van der Waals surface area (Å²) in [5.74, 6) is -1.04. The summed E-state index contributed by atoms with van der Waals surface area (Å²) in [6.07, 6.45) is 0.612. The largest absolute Gasteiger partial charge is 0.481 e. The summed E-state index contributed by atoms with van der Waals surface area (Å²) < 4.78 is 1.70. The maximum Gasteiger partial charge on any atom is 0.303 e. The van der Waals surface area contributed by atoms with Crippen LogP contribution in [0.5, 0.6) is 0 Å². The van der Waals surface area contributed by atoms with Gasteiger partial charge in [-0.05, 0) is 32.4 Å².